The van der Waals surface area contributed by atoms with Gasteiger partial charge in [0, 0.05) is 12.8 Å². The SMILES string of the molecule is CCCc1c(CCC)c(-c2ccccc2)c2c(c1-c1ccccc1)CC(C(=O)OCC)(C(=O)OCC)C2. The van der Waals surface area contributed by atoms with Gasteiger partial charge in [-0.1, -0.05) is 87.4 Å². The summed E-state index contributed by atoms with van der Waals surface area (Å²) in [6.07, 6.45) is 4.44. The topological polar surface area (TPSA) is 52.6 Å². The van der Waals surface area contributed by atoms with E-state index in [0.29, 0.717) is 0 Å². The summed E-state index contributed by atoms with van der Waals surface area (Å²) in [6, 6.07) is 20.8. The van der Waals surface area contributed by atoms with E-state index in [1.54, 1.807) is 13.8 Å². The van der Waals surface area contributed by atoms with Crippen molar-refractivity contribution in [1.82, 2.24) is 0 Å². The van der Waals surface area contributed by atoms with Crippen LogP contribution in [0.4, 0.5) is 0 Å². The number of carbonyl (C=O) groups is 2. The monoisotopic (exact) mass is 498 g/mol. The zero-order valence-electron chi connectivity index (χ0n) is 22.6. The van der Waals surface area contributed by atoms with Gasteiger partial charge in [0.1, 0.15) is 0 Å². The van der Waals surface area contributed by atoms with E-state index in [1.807, 2.05) is 12.1 Å². The third-order valence-corrected chi connectivity index (χ3v) is 7.35. The van der Waals surface area contributed by atoms with E-state index in [4.69, 9.17) is 9.47 Å². The normalized spacial score (nSPS) is 13.7. The highest BCUT2D eigenvalue weighted by Gasteiger charge is 2.54. The maximum atomic E-state index is 13.5. The Labute approximate surface area is 221 Å². The van der Waals surface area contributed by atoms with Crippen LogP contribution in [-0.4, -0.2) is 25.2 Å². The minimum absolute atomic E-state index is 0.218. The summed E-state index contributed by atoms with van der Waals surface area (Å²) in [4.78, 5) is 27.1. The molecule has 0 saturated heterocycles. The number of rotatable bonds is 10. The van der Waals surface area contributed by atoms with E-state index in [9.17, 15) is 9.59 Å². The Morgan fingerprint density at radius 2 is 1.03 bits per heavy atom. The number of benzene rings is 3. The Balaban J connectivity index is 2.11. The van der Waals surface area contributed by atoms with Gasteiger partial charge in [-0.05, 0) is 71.2 Å². The molecule has 0 amide bonds. The van der Waals surface area contributed by atoms with Gasteiger partial charge in [-0.2, -0.15) is 0 Å². The second kappa shape index (κ2) is 11.8. The van der Waals surface area contributed by atoms with E-state index < -0.39 is 17.4 Å². The summed E-state index contributed by atoms with van der Waals surface area (Å²) in [5.41, 5.74) is 8.05. The van der Waals surface area contributed by atoms with Crippen molar-refractivity contribution in [2.75, 3.05) is 13.2 Å². The standard InChI is InChI=1S/C33H38O4/c1-5-15-25-26(16-6-2)30(24-19-13-10-14-20-24)28-22-33(31(34)36-7-3,32(35)37-8-4)21-27(28)29(25)23-17-11-9-12-18-23/h9-14,17-20H,5-8,15-16,21-22H2,1-4H3. The van der Waals surface area contributed by atoms with Crippen LogP contribution in [0.25, 0.3) is 22.3 Å². The molecule has 4 heteroatoms. The molecule has 0 aromatic heterocycles. The largest absolute Gasteiger partial charge is 0.465 e. The molecule has 0 atom stereocenters. The minimum Gasteiger partial charge on any atom is -0.465 e. The second-order valence-electron chi connectivity index (χ2n) is 9.77. The van der Waals surface area contributed by atoms with Crippen molar-refractivity contribution < 1.29 is 19.1 Å². The molecular formula is C33H38O4. The number of hydrogen-bond donors (Lipinski definition) is 0. The molecule has 3 aromatic carbocycles. The zero-order chi connectivity index (χ0) is 26.4. The van der Waals surface area contributed by atoms with E-state index in [-0.39, 0.29) is 26.1 Å². The molecule has 0 saturated carbocycles. The first-order valence-corrected chi connectivity index (χ1v) is 13.7. The molecule has 0 spiro atoms. The maximum absolute atomic E-state index is 13.5. The number of hydrogen-bond acceptors (Lipinski definition) is 4. The minimum atomic E-state index is -1.38. The molecule has 0 N–H and O–H groups in total. The van der Waals surface area contributed by atoms with Gasteiger partial charge in [0.25, 0.3) is 0 Å². The Bertz CT molecular complexity index is 1150. The van der Waals surface area contributed by atoms with Crippen molar-refractivity contribution in [3.8, 4) is 22.3 Å². The Hall–Kier alpha value is -3.40. The van der Waals surface area contributed by atoms with Gasteiger partial charge < -0.3 is 9.47 Å². The number of esters is 2. The molecule has 0 aliphatic heterocycles. The first-order valence-electron chi connectivity index (χ1n) is 13.7. The van der Waals surface area contributed by atoms with E-state index in [2.05, 4.69) is 62.4 Å². The summed E-state index contributed by atoms with van der Waals surface area (Å²) in [5.74, 6) is -0.978. The molecule has 4 nitrogen and oxygen atoms in total. The van der Waals surface area contributed by atoms with Crippen LogP contribution < -0.4 is 0 Å². The average molecular weight is 499 g/mol. The van der Waals surface area contributed by atoms with Crippen LogP contribution in [-0.2, 0) is 44.7 Å². The highest BCUT2D eigenvalue weighted by molar-refractivity contribution is 6.03. The van der Waals surface area contributed by atoms with Crippen LogP contribution in [0.3, 0.4) is 0 Å². The van der Waals surface area contributed by atoms with Gasteiger partial charge in [0.05, 0.1) is 13.2 Å². The summed E-state index contributed by atoms with van der Waals surface area (Å²) < 4.78 is 11.1. The first-order chi connectivity index (χ1) is 18.0. The fourth-order valence-corrected chi connectivity index (χ4v) is 5.89. The van der Waals surface area contributed by atoms with Crippen LogP contribution in [0, 0.1) is 5.41 Å². The molecule has 37 heavy (non-hydrogen) atoms. The predicted molar refractivity (Wildman–Crippen MR) is 148 cm³/mol. The molecule has 0 heterocycles. The highest BCUT2D eigenvalue weighted by atomic mass is 16.6. The molecule has 1 aliphatic carbocycles. The Morgan fingerprint density at radius 1 is 0.649 bits per heavy atom. The molecule has 0 fully saturated rings. The summed E-state index contributed by atoms with van der Waals surface area (Å²) in [6.45, 7) is 8.42. The molecule has 194 valence electrons. The lowest BCUT2D eigenvalue weighted by Gasteiger charge is -2.24. The summed E-state index contributed by atoms with van der Waals surface area (Å²) >= 11 is 0. The van der Waals surface area contributed by atoms with Gasteiger partial charge >= 0.3 is 11.9 Å². The number of ether oxygens (including phenoxy) is 2. The first kappa shape index (κ1) is 26.7. The van der Waals surface area contributed by atoms with Gasteiger partial charge in [-0.25, -0.2) is 0 Å². The third kappa shape index (κ3) is 4.94. The van der Waals surface area contributed by atoms with E-state index in [0.717, 1.165) is 47.9 Å². The molecule has 1 aliphatic rings. The van der Waals surface area contributed by atoms with Crippen LogP contribution in [0.5, 0.6) is 0 Å². The van der Waals surface area contributed by atoms with Gasteiger partial charge in [0.15, 0.2) is 5.41 Å². The van der Waals surface area contributed by atoms with Crippen molar-refractivity contribution >= 4 is 11.9 Å². The molecule has 3 aromatic rings. The predicted octanol–water partition coefficient (Wildman–Crippen LogP) is 7.14. The Morgan fingerprint density at radius 3 is 1.35 bits per heavy atom. The lowest BCUT2D eigenvalue weighted by Crippen LogP contribution is -2.43. The summed E-state index contributed by atoms with van der Waals surface area (Å²) in [5, 5.41) is 0. The number of fused-ring (bicyclic) bond motifs is 1. The average Bonchev–Trinajstić information content (AvgIpc) is 3.32. The fourth-order valence-electron chi connectivity index (χ4n) is 5.89. The molecule has 0 radical (unpaired) electrons. The zero-order valence-corrected chi connectivity index (χ0v) is 22.6. The second-order valence-corrected chi connectivity index (χ2v) is 9.77. The van der Waals surface area contributed by atoms with Gasteiger partial charge in [0.2, 0.25) is 0 Å². The Kier molecular flexibility index (Phi) is 8.48. The van der Waals surface area contributed by atoms with Crippen molar-refractivity contribution in [1.29, 1.82) is 0 Å². The van der Waals surface area contributed by atoms with Crippen molar-refractivity contribution in [3.63, 3.8) is 0 Å². The van der Waals surface area contributed by atoms with Gasteiger partial charge in [-0.15, -0.1) is 0 Å². The smallest absolute Gasteiger partial charge is 0.324 e. The number of carbonyl (C=O) groups excluding carboxylic acids is 2. The molecule has 0 bridgehead atoms. The van der Waals surface area contributed by atoms with E-state index >= 15 is 0 Å². The van der Waals surface area contributed by atoms with Crippen molar-refractivity contribution in [2.45, 2.75) is 66.2 Å². The van der Waals surface area contributed by atoms with Gasteiger partial charge in [-0.3, -0.25) is 9.59 Å². The van der Waals surface area contributed by atoms with Crippen LogP contribution in [0.2, 0.25) is 0 Å². The lowest BCUT2D eigenvalue weighted by atomic mass is 9.80. The lowest BCUT2D eigenvalue weighted by molar-refractivity contribution is -0.171. The third-order valence-electron chi connectivity index (χ3n) is 7.35. The maximum Gasteiger partial charge on any atom is 0.324 e. The van der Waals surface area contributed by atoms with Crippen LogP contribution >= 0.6 is 0 Å². The highest BCUT2D eigenvalue weighted by Crippen LogP contribution is 2.50. The fraction of sp³-hybridized carbons (Fsp3) is 0.394. The van der Waals surface area contributed by atoms with Crippen LogP contribution in [0.15, 0.2) is 60.7 Å². The van der Waals surface area contributed by atoms with Crippen LogP contribution in [0.1, 0.15) is 62.8 Å². The summed E-state index contributed by atoms with van der Waals surface area (Å²) in [7, 11) is 0. The van der Waals surface area contributed by atoms with Crippen molar-refractivity contribution in [3.05, 3.63) is 82.9 Å². The quantitative estimate of drug-likeness (QED) is 0.220. The van der Waals surface area contributed by atoms with Crippen molar-refractivity contribution in [2.24, 2.45) is 5.41 Å². The molecule has 4 rings (SSSR count). The molecular weight excluding hydrogens is 460 g/mol. The molecule has 0 unspecified atom stereocenters. The van der Waals surface area contributed by atoms with E-state index in [1.165, 1.54) is 22.3 Å².